The van der Waals surface area contributed by atoms with Gasteiger partial charge in [0.2, 0.25) is 5.78 Å². The second-order valence-corrected chi connectivity index (χ2v) is 3.31. The number of carbonyl (C=O) groups is 2. The van der Waals surface area contributed by atoms with E-state index in [1.807, 2.05) is 0 Å². The standard InChI is InChI=1S/C11H11F2NO3/c1-3-17-10(16)11(12,13)9(15)8-6-14-5-4-7(8)2/h4-6H,3H2,1-2H3. The number of Topliss-reactive ketones (excluding diaryl/α,β-unsaturated/α-hetero) is 1. The summed E-state index contributed by atoms with van der Waals surface area (Å²) >= 11 is 0. The van der Waals surface area contributed by atoms with E-state index in [0.717, 1.165) is 6.20 Å². The average Bonchev–Trinajstić information content (AvgIpc) is 2.29. The van der Waals surface area contributed by atoms with Crippen molar-refractivity contribution in [2.45, 2.75) is 19.8 Å². The molecule has 4 nitrogen and oxygen atoms in total. The van der Waals surface area contributed by atoms with Gasteiger partial charge in [0.25, 0.3) is 0 Å². The Hall–Kier alpha value is -1.85. The van der Waals surface area contributed by atoms with Gasteiger partial charge in [0, 0.05) is 18.0 Å². The second-order valence-electron chi connectivity index (χ2n) is 3.31. The Balaban J connectivity index is 3.05. The predicted molar refractivity (Wildman–Crippen MR) is 54.9 cm³/mol. The number of pyridine rings is 1. The molecular weight excluding hydrogens is 232 g/mol. The third kappa shape index (κ3) is 2.64. The van der Waals surface area contributed by atoms with Crippen molar-refractivity contribution in [2.75, 3.05) is 6.61 Å². The SMILES string of the molecule is CCOC(=O)C(F)(F)C(=O)c1cnccc1C. The number of halogens is 2. The summed E-state index contributed by atoms with van der Waals surface area (Å²) < 4.78 is 31.0. The molecule has 1 heterocycles. The van der Waals surface area contributed by atoms with Gasteiger partial charge < -0.3 is 4.74 Å². The van der Waals surface area contributed by atoms with Crippen molar-refractivity contribution < 1.29 is 23.1 Å². The zero-order valence-electron chi connectivity index (χ0n) is 9.37. The van der Waals surface area contributed by atoms with Crippen LogP contribution in [0.3, 0.4) is 0 Å². The maximum absolute atomic E-state index is 13.4. The summed E-state index contributed by atoms with van der Waals surface area (Å²) in [6.07, 6.45) is 2.37. The molecule has 0 fully saturated rings. The number of hydrogen-bond donors (Lipinski definition) is 0. The molecule has 6 heteroatoms. The van der Waals surface area contributed by atoms with Crippen LogP contribution in [-0.2, 0) is 9.53 Å². The van der Waals surface area contributed by atoms with Gasteiger partial charge >= 0.3 is 11.9 Å². The molecule has 0 aromatic carbocycles. The first-order valence-corrected chi connectivity index (χ1v) is 4.91. The topological polar surface area (TPSA) is 56.3 Å². The first-order valence-electron chi connectivity index (χ1n) is 4.91. The van der Waals surface area contributed by atoms with Gasteiger partial charge in [-0.05, 0) is 25.5 Å². The van der Waals surface area contributed by atoms with E-state index in [9.17, 15) is 18.4 Å². The molecule has 17 heavy (non-hydrogen) atoms. The fourth-order valence-electron chi connectivity index (χ4n) is 1.19. The molecule has 0 N–H and O–H groups in total. The van der Waals surface area contributed by atoms with E-state index in [2.05, 4.69) is 9.72 Å². The van der Waals surface area contributed by atoms with Crippen molar-refractivity contribution in [3.63, 3.8) is 0 Å². The van der Waals surface area contributed by atoms with E-state index < -0.39 is 17.7 Å². The zero-order chi connectivity index (χ0) is 13.1. The molecule has 92 valence electrons. The monoisotopic (exact) mass is 243 g/mol. The molecule has 1 aromatic rings. The summed E-state index contributed by atoms with van der Waals surface area (Å²) in [7, 11) is 0. The van der Waals surface area contributed by atoms with Crippen molar-refractivity contribution >= 4 is 11.8 Å². The molecule has 0 saturated carbocycles. The van der Waals surface area contributed by atoms with E-state index >= 15 is 0 Å². The number of rotatable bonds is 4. The lowest BCUT2D eigenvalue weighted by Gasteiger charge is -2.14. The Bertz CT molecular complexity index is 446. The number of esters is 1. The van der Waals surface area contributed by atoms with E-state index in [-0.39, 0.29) is 12.2 Å². The predicted octanol–water partition coefficient (Wildman–Crippen LogP) is 1.77. The fraction of sp³-hybridized carbons (Fsp3) is 0.364. The maximum atomic E-state index is 13.4. The molecule has 0 aliphatic rings. The lowest BCUT2D eigenvalue weighted by atomic mass is 10.0. The molecule has 0 unspecified atom stereocenters. The first kappa shape index (κ1) is 13.2. The van der Waals surface area contributed by atoms with Crippen molar-refractivity contribution in [3.05, 3.63) is 29.6 Å². The van der Waals surface area contributed by atoms with Crippen LogP contribution in [0.5, 0.6) is 0 Å². The molecule has 0 saturated heterocycles. The minimum Gasteiger partial charge on any atom is -0.461 e. The summed E-state index contributed by atoms with van der Waals surface area (Å²) in [4.78, 5) is 26.1. The second kappa shape index (κ2) is 4.99. The quantitative estimate of drug-likeness (QED) is 0.459. The van der Waals surface area contributed by atoms with Crippen LogP contribution in [0.15, 0.2) is 18.5 Å². The Labute approximate surface area is 96.6 Å². The highest BCUT2D eigenvalue weighted by atomic mass is 19.3. The van der Waals surface area contributed by atoms with Gasteiger partial charge in [0.1, 0.15) is 0 Å². The Morgan fingerprint density at radius 2 is 2.12 bits per heavy atom. The highest BCUT2D eigenvalue weighted by Gasteiger charge is 2.49. The van der Waals surface area contributed by atoms with Gasteiger partial charge in [-0.2, -0.15) is 8.78 Å². The zero-order valence-corrected chi connectivity index (χ0v) is 9.37. The number of carbonyl (C=O) groups excluding carboxylic acids is 2. The van der Waals surface area contributed by atoms with Gasteiger partial charge in [-0.3, -0.25) is 9.78 Å². The number of aryl methyl sites for hydroxylation is 1. The minimum absolute atomic E-state index is 0.215. The Morgan fingerprint density at radius 3 is 2.65 bits per heavy atom. The molecule has 0 bridgehead atoms. The van der Waals surface area contributed by atoms with Crippen molar-refractivity contribution in [1.29, 1.82) is 0 Å². The lowest BCUT2D eigenvalue weighted by Crippen LogP contribution is -2.39. The molecule has 0 spiro atoms. The summed E-state index contributed by atoms with van der Waals surface area (Å²) in [5.74, 6) is -7.61. The minimum atomic E-state index is -4.18. The van der Waals surface area contributed by atoms with Crippen LogP contribution in [0.4, 0.5) is 8.78 Å². The van der Waals surface area contributed by atoms with Crippen LogP contribution in [-0.4, -0.2) is 29.3 Å². The van der Waals surface area contributed by atoms with Crippen LogP contribution in [0, 0.1) is 6.92 Å². The molecule has 0 atom stereocenters. The number of nitrogens with zero attached hydrogens (tertiary/aromatic N) is 1. The maximum Gasteiger partial charge on any atom is 0.404 e. The largest absolute Gasteiger partial charge is 0.461 e. The van der Waals surface area contributed by atoms with Crippen molar-refractivity contribution in [2.24, 2.45) is 0 Å². The third-order valence-corrected chi connectivity index (χ3v) is 2.10. The van der Waals surface area contributed by atoms with Gasteiger partial charge in [-0.15, -0.1) is 0 Å². The van der Waals surface area contributed by atoms with Gasteiger partial charge in [0.15, 0.2) is 0 Å². The number of ether oxygens (including phenoxy) is 1. The van der Waals surface area contributed by atoms with Gasteiger partial charge in [0.05, 0.1) is 6.61 Å². The first-order chi connectivity index (χ1) is 7.91. The number of hydrogen-bond acceptors (Lipinski definition) is 4. The van der Waals surface area contributed by atoms with Crippen LogP contribution in [0.2, 0.25) is 0 Å². The van der Waals surface area contributed by atoms with Crippen molar-refractivity contribution in [1.82, 2.24) is 4.98 Å². The van der Waals surface area contributed by atoms with E-state index in [0.29, 0.717) is 5.56 Å². The van der Waals surface area contributed by atoms with E-state index in [1.54, 1.807) is 0 Å². The normalized spacial score (nSPS) is 11.1. The fourth-order valence-corrected chi connectivity index (χ4v) is 1.19. The average molecular weight is 243 g/mol. The molecular formula is C11H11F2NO3. The van der Waals surface area contributed by atoms with Gasteiger partial charge in [-0.25, -0.2) is 4.79 Å². The van der Waals surface area contributed by atoms with Crippen molar-refractivity contribution in [3.8, 4) is 0 Å². The molecule has 0 aliphatic carbocycles. The van der Waals surface area contributed by atoms with Crippen LogP contribution < -0.4 is 0 Å². The molecule has 0 radical (unpaired) electrons. The molecule has 0 aliphatic heterocycles. The van der Waals surface area contributed by atoms with Gasteiger partial charge in [-0.1, -0.05) is 0 Å². The Morgan fingerprint density at radius 1 is 1.47 bits per heavy atom. The molecule has 1 rings (SSSR count). The molecule has 1 aromatic heterocycles. The third-order valence-electron chi connectivity index (χ3n) is 2.10. The number of aromatic nitrogens is 1. The Kier molecular flexibility index (Phi) is 3.88. The highest BCUT2D eigenvalue weighted by Crippen LogP contribution is 2.23. The summed E-state index contributed by atoms with van der Waals surface area (Å²) in [6, 6.07) is 1.41. The van der Waals surface area contributed by atoms with Crippen LogP contribution in [0.1, 0.15) is 22.8 Å². The smallest absolute Gasteiger partial charge is 0.404 e. The number of alkyl halides is 2. The highest BCUT2D eigenvalue weighted by molar-refractivity contribution is 6.14. The van der Waals surface area contributed by atoms with Crippen LogP contribution in [0.25, 0.3) is 0 Å². The summed E-state index contributed by atoms with van der Waals surface area (Å²) in [5, 5.41) is 0. The van der Waals surface area contributed by atoms with Crippen LogP contribution >= 0.6 is 0 Å². The van der Waals surface area contributed by atoms with E-state index in [1.165, 1.54) is 26.1 Å². The summed E-state index contributed by atoms with van der Waals surface area (Å²) in [6.45, 7) is 2.65. The van der Waals surface area contributed by atoms with E-state index in [4.69, 9.17) is 0 Å². The number of ketones is 1. The lowest BCUT2D eigenvalue weighted by molar-refractivity contribution is -0.164. The molecule has 0 amide bonds. The summed E-state index contributed by atoms with van der Waals surface area (Å²) in [5.41, 5.74) is 0.0412.